The molecule has 2 N–H and O–H groups in total. The lowest BCUT2D eigenvalue weighted by Gasteiger charge is -2.19. The number of hydrogen-bond acceptors (Lipinski definition) is 2. The first kappa shape index (κ1) is 10.8. The maximum atomic E-state index is 11.9. The van der Waals surface area contributed by atoms with Crippen LogP contribution < -0.4 is 5.32 Å². The first-order valence-corrected chi connectivity index (χ1v) is 3.76. The van der Waals surface area contributed by atoms with Crippen LogP contribution in [0.5, 0.6) is 0 Å². The Morgan fingerprint density at radius 1 is 1.45 bits per heavy atom. The van der Waals surface area contributed by atoms with Crippen molar-refractivity contribution in [2.75, 3.05) is 6.61 Å². The van der Waals surface area contributed by atoms with Crippen molar-refractivity contribution in [1.29, 1.82) is 0 Å². The van der Waals surface area contributed by atoms with E-state index >= 15 is 0 Å². The fraction of sp³-hybridized carbons (Fsp3) is 1.00. The predicted octanol–water partition coefficient (Wildman–Crippen LogP) is 1.00. The van der Waals surface area contributed by atoms with Crippen molar-refractivity contribution in [3.63, 3.8) is 0 Å². The first-order valence-electron chi connectivity index (χ1n) is 3.76. The van der Waals surface area contributed by atoms with Gasteiger partial charge in [0.05, 0.1) is 12.6 Å². The molecule has 0 heterocycles. The molecule has 0 aliphatic heterocycles. The summed E-state index contributed by atoms with van der Waals surface area (Å²) >= 11 is 0. The smallest absolute Gasteiger partial charge is 0.253 e. The molecule has 0 aliphatic rings. The quantitative estimate of drug-likeness (QED) is 0.640. The lowest BCUT2D eigenvalue weighted by Crippen LogP contribution is -2.42. The zero-order valence-electron chi connectivity index (χ0n) is 6.85. The Morgan fingerprint density at radius 2 is 2.00 bits per heavy atom. The fourth-order valence-electron chi connectivity index (χ4n) is 0.744. The van der Waals surface area contributed by atoms with Gasteiger partial charge in [-0.15, -0.1) is 0 Å². The van der Waals surface area contributed by atoms with Gasteiger partial charge in [-0.2, -0.15) is 0 Å². The van der Waals surface area contributed by atoms with E-state index in [1.54, 1.807) is 0 Å². The SMILES string of the molecule is CC[C@@H](CO)NC(C)C(F)F. The minimum atomic E-state index is -2.37. The minimum Gasteiger partial charge on any atom is -0.395 e. The predicted molar refractivity (Wildman–Crippen MR) is 39.8 cm³/mol. The maximum Gasteiger partial charge on any atom is 0.253 e. The normalized spacial score (nSPS) is 16.9. The highest BCUT2D eigenvalue weighted by Gasteiger charge is 2.16. The summed E-state index contributed by atoms with van der Waals surface area (Å²) in [5.74, 6) is 0. The summed E-state index contributed by atoms with van der Waals surface area (Å²) in [6, 6.07) is -1.05. The lowest BCUT2D eigenvalue weighted by atomic mass is 10.2. The molecule has 0 spiro atoms. The Morgan fingerprint density at radius 3 is 2.27 bits per heavy atom. The van der Waals surface area contributed by atoms with E-state index in [2.05, 4.69) is 5.32 Å². The van der Waals surface area contributed by atoms with E-state index in [9.17, 15) is 8.78 Å². The molecule has 0 aromatic carbocycles. The molecule has 0 rings (SSSR count). The van der Waals surface area contributed by atoms with E-state index in [1.165, 1.54) is 6.92 Å². The van der Waals surface area contributed by atoms with Crippen LogP contribution in [0.2, 0.25) is 0 Å². The van der Waals surface area contributed by atoms with Gasteiger partial charge in [-0.3, -0.25) is 0 Å². The fourth-order valence-corrected chi connectivity index (χ4v) is 0.744. The molecular weight excluding hydrogens is 152 g/mol. The Hall–Kier alpha value is -0.220. The van der Waals surface area contributed by atoms with Gasteiger partial charge in [-0.1, -0.05) is 6.92 Å². The Labute approximate surface area is 65.6 Å². The third-order valence-electron chi connectivity index (χ3n) is 1.59. The molecule has 2 nitrogen and oxygen atoms in total. The number of rotatable bonds is 5. The van der Waals surface area contributed by atoms with Gasteiger partial charge in [0.2, 0.25) is 0 Å². The Bertz CT molecular complexity index is 96.4. The summed E-state index contributed by atoms with van der Waals surface area (Å²) in [6.07, 6.45) is -1.70. The van der Waals surface area contributed by atoms with Crippen LogP contribution in [-0.4, -0.2) is 30.2 Å². The van der Waals surface area contributed by atoms with Crippen molar-refractivity contribution in [3.05, 3.63) is 0 Å². The van der Waals surface area contributed by atoms with Crippen molar-refractivity contribution >= 4 is 0 Å². The number of hydrogen-bond donors (Lipinski definition) is 2. The lowest BCUT2D eigenvalue weighted by molar-refractivity contribution is 0.0922. The molecule has 4 heteroatoms. The summed E-state index contributed by atoms with van der Waals surface area (Å²) in [5, 5.41) is 11.3. The third-order valence-corrected chi connectivity index (χ3v) is 1.59. The summed E-state index contributed by atoms with van der Waals surface area (Å²) < 4.78 is 23.8. The second-order valence-electron chi connectivity index (χ2n) is 2.58. The molecule has 0 aliphatic carbocycles. The molecule has 0 aromatic heterocycles. The summed E-state index contributed by atoms with van der Waals surface area (Å²) in [4.78, 5) is 0. The average Bonchev–Trinajstić information content (AvgIpc) is 1.99. The van der Waals surface area contributed by atoms with Gasteiger partial charge in [-0.05, 0) is 13.3 Å². The highest BCUT2D eigenvalue weighted by molar-refractivity contribution is 4.70. The molecule has 0 saturated carbocycles. The van der Waals surface area contributed by atoms with Gasteiger partial charge >= 0.3 is 0 Å². The molecule has 0 amide bonds. The molecule has 0 radical (unpaired) electrons. The molecule has 2 atom stereocenters. The van der Waals surface area contributed by atoms with Crippen molar-refractivity contribution in [2.24, 2.45) is 0 Å². The number of nitrogens with one attached hydrogen (secondary N) is 1. The van der Waals surface area contributed by atoms with E-state index < -0.39 is 12.5 Å². The summed E-state index contributed by atoms with van der Waals surface area (Å²) in [7, 11) is 0. The van der Waals surface area contributed by atoms with Crippen molar-refractivity contribution in [1.82, 2.24) is 5.32 Å². The van der Waals surface area contributed by atoms with Gasteiger partial charge in [0.25, 0.3) is 6.43 Å². The van der Waals surface area contributed by atoms with Crippen LogP contribution in [0.1, 0.15) is 20.3 Å². The van der Waals surface area contributed by atoms with Crippen LogP contribution in [0.3, 0.4) is 0 Å². The minimum absolute atomic E-state index is 0.0897. The van der Waals surface area contributed by atoms with Gasteiger partial charge < -0.3 is 10.4 Å². The van der Waals surface area contributed by atoms with Gasteiger partial charge in [0, 0.05) is 6.04 Å². The molecule has 68 valence electrons. The molecule has 0 bridgehead atoms. The zero-order chi connectivity index (χ0) is 8.85. The van der Waals surface area contributed by atoms with Crippen molar-refractivity contribution < 1.29 is 13.9 Å². The standard InChI is InChI=1S/C7H15F2NO/c1-3-6(4-11)10-5(2)7(8)9/h5-7,10-11H,3-4H2,1-2H3/t5?,6-/m0/s1. The number of aliphatic hydroxyl groups is 1. The molecule has 0 fully saturated rings. The Balaban J connectivity index is 3.62. The topological polar surface area (TPSA) is 32.3 Å². The molecule has 0 saturated heterocycles. The molecule has 11 heavy (non-hydrogen) atoms. The van der Waals surface area contributed by atoms with Crippen LogP contribution in [-0.2, 0) is 0 Å². The van der Waals surface area contributed by atoms with E-state index in [4.69, 9.17) is 5.11 Å². The van der Waals surface area contributed by atoms with Gasteiger partial charge in [0.15, 0.2) is 0 Å². The summed E-state index contributed by atoms with van der Waals surface area (Å²) in [6.45, 7) is 3.16. The molecule has 0 aromatic rings. The average molecular weight is 167 g/mol. The molecule has 1 unspecified atom stereocenters. The first-order chi connectivity index (χ1) is 5.11. The van der Waals surface area contributed by atoms with Gasteiger partial charge in [0.1, 0.15) is 0 Å². The number of halogens is 2. The maximum absolute atomic E-state index is 11.9. The number of aliphatic hydroxyl groups excluding tert-OH is 1. The molecular formula is C7H15F2NO. The van der Waals surface area contributed by atoms with E-state index in [0.717, 1.165) is 0 Å². The summed E-state index contributed by atoms with van der Waals surface area (Å²) in [5.41, 5.74) is 0. The highest BCUT2D eigenvalue weighted by atomic mass is 19.3. The van der Waals surface area contributed by atoms with Gasteiger partial charge in [-0.25, -0.2) is 8.78 Å². The third kappa shape index (κ3) is 4.27. The Kier molecular flexibility index (Phi) is 5.32. The van der Waals surface area contributed by atoms with Crippen LogP contribution in [0.25, 0.3) is 0 Å². The zero-order valence-corrected chi connectivity index (χ0v) is 6.85. The van der Waals surface area contributed by atoms with Crippen LogP contribution in [0.15, 0.2) is 0 Å². The van der Waals surface area contributed by atoms with E-state index in [1.807, 2.05) is 6.92 Å². The second-order valence-corrected chi connectivity index (χ2v) is 2.58. The largest absolute Gasteiger partial charge is 0.395 e. The highest BCUT2D eigenvalue weighted by Crippen LogP contribution is 2.01. The van der Waals surface area contributed by atoms with Crippen molar-refractivity contribution in [2.45, 2.75) is 38.8 Å². The number of alkyl halides is 2. The van der Waals surface area contributed by atoms with Crippen molar-refractivity contribution in [3.8, 4) is 0 Å². The van der Waals surface area contributed by atoms with Crippen LogP contribution in [0.4, 0.5) is 8.78 Å². The second kappa shape index (κ2) is 5.43. The van der Waals surface area contributed by atoms with Crippen LogP contribution >= 0.6 is 0 Å². The van der Waals surface area contributed by atoms with Crippen LogP contribution in [0, 0.1) is 0 Å². The monoisotopic (exact) mass is 167 g/mol. The van der Waals surface area contributed by atoms with E-state index in [-0.39, 0.29) is 12.6 Å². The van der Waals surface area contributed by atoms with E-state index in [0.29, 0.717) is 6.42 Å².